The van der Waals surface area contributed by atoms with Gasteiger partial charge in [0.1, 0.15) is 19.3 Å². The Kier molecular flexibility index (Phi) is 73.8. The van der Waals surface area contributed by atoms with Gasteiger partial charge >= 0.3 is 39.5 Å². The van der Waals surface area contributed by atoms with E-state index in [0.717, 1.165) is 103 Å². The molecule has 0 aliphatic carbocycles. The van der Waals surface area contributed by atoms with Gasteiger partial charge in [-0.1, -0.05) is 387 Å². The maximum Gasteiger partial charge on any atom is 0.472 e. The van der Waals surface area contributed by atoms with Crippen LogP contribution >= 0.6 is 15.6 Å². The van der Waals surface area contributed by atoms with E-state index in [0.29, 0.717) is 25.7 Å². The first-order valence-corrected chi connectivity index (χ1v) is 45.3. The van der Waals surface area contributed by atoms with Crippen molar-refractivity contribution in [3.63, 3.8) is 0 Å². The molecule has 0 saturated carbocycles. The minimum Gasteiger partial charge on any atom is -0.462 e. The summed E-state index contributed by atoms with van der Waals surface area (Å²) in [4.78, 5) is 72.9. The van der Waals surface area contributed by atoms with Gasteiger partial charge in [0.15, 0.2) is 12.2 Å². The fourth-order valence-corrected chi connectivity index (χ4v) is 14.2. The summed E-state index contributed by atoms with van der Waals surface area (Å²) >= 11 is 0. The highest BCUT2D eigenvalue weighted by molar-refractivity contribution is 7.47. The second-order valence-electron chi connectivity index (χ2n) is 29.2. The van der Waals surface area contributed by atoms with Crippen molar-refractivity contribution in [2.75, 3.05) is 39.6 Å². The number of phosphoric acid groups is 2. The van der Waals surface area contributed by atoms with Crippen LogP contribution in [-0.2, 0) is 65.4 Å². The standard InChI is InChI=1S/C81H158O17P2/c1-5-9-13-17-21-24-27-30-33-36-37-38-40-43-46-49-52-56-60-64-68-81(86)98-77(72-92-79(84)66-62-58-54-50-47-44-42-39-34-31-28-25-22-18-14-10-6-2)74-96-100(89,90)94-70-75(82)69-93-99(87,88)95-73-76(71-91-78(83)65-61-57-53-20-16-12-8-4)97-80(85)67-63-59-55-51-48-45-41-35-32-29-26-23-19-15-11-7-3/h75-77,82H,5-74H2,1-4H3,(H,87,88)(H,89,90)/t75-,76+,77+/m0/s1. The van der Waals surface area contributed by atoms with Crippen molar-refractivity contribution >= 4 is 39.5 Å². The van der Waals surface area contributed by atoms with Crippen LogP contribution in [0.25, 0.3) is 0 Å². The smallest absolute Gasteiger partial charge is 0.462 e. The van der Waals surface area contributed by atoms with Crippen molar-refractivity contribution in [1.29, 1.82) is 0 Å². The van der Waals surface area contributed by atoms with Gasteiger partial charge in [0.25, 0.3) is 0 Å². The molecule has 19 heteroatoms. The molecule has 3 N–H and O–H groups in total. The molecule has 0 aliphatic heterocycles. The Hall–Kier alpha value is -1.94. The number of phosphoric ester groups is 2. The lowest BCUT2D eigenvalue weighted by Crippen LogP contribution is -2.30. The third-order valence-corrected chi connectivity index (χ3v) is 21.0. The lowest BCUT2D eigenvalue weighted by molar-refractivity contribution is -0.161. The number of ether oxygens (including phenoxy) is 4. The second-order valence-corrected chi connectivity index (χ2v) is 32.1. The van der Waals surface area contributed by atoms with Gasteiger partial charge in [-0.25, -0.2) is 9.13 Å². The van der Waals surface area contributed by atoms with Crippen LogP contribution in [0, 0.1) is 0 Å². The zero-order valence-electron chi connectivity index (χ0n) is 65.2. The molecule has 100 heavy (non-hydrogen) atoms. The number of hydrogen-bond acceptors (Lipinski definition) is 15. The highest BCUT2D eigenvalue weighted by atomic mass is 31.2. The Morgan fingerprint density at radius 3 is 0.590 bits per heavy atom. The maximum atomic E-state index is 13.1. The van der Waals surface area contributed by atoms with Crippen LogP contribution in [-0.4, -0.2) is 96.7 Å². The number of carbonyl (C=O) groups is 4. The maximum absolute atomic E-state index is 13.1. The fourth-order valence-electron chi connectivity index (χ4n) is 12.6. The molecule has 0 rings (SSSR count). The molecule has 0 aromatic heterocycles. The van der Waals surface area contributed by atoms with Crippen LogP contribution in [0.4, 0.5) is 0 Å². The second kappa shape index (κ2) is 75.3. The predicted molar refractivity (Wildman–Crippen MR) is 409 cm³/mol. The van der Waals surface area contributed by atoms with Crippen molar-refractivity contribution in [3.05, 3.63) is 0 Å². The quantitative estimate of drug-likeness (QED) is 0.0222. The molecular formula is C81H158O17P2. The van der Waals surface area contributed by atoms with Crippen molar-refractivity contribution in [2.24, 2.45) is 0 Å². The minimum absolute atomic E-state index is 0.109. The van der Waals surface area contributed by atoms with Crippen LogP contribution in [0.15, 0.2) is 0 Å². The zero-order valence-corrected chi connectivity index (χ0v) is 67.0. The minimum atomic E-state index is -4.96. The van der Waals surface area contributed by atoms with E-state index in [1.807, 2.05) is 0 Å². The summed E-state index contributed by atoms with van der Waals surface area (Å²) < 4.78 is 68.6. The van der Waals surface area contributed by atoms with Gasteiger partial charge in [-0.3, -0.25) is 37.3 Å². The van der Waals surface area contributed by atoms with E-state index in [9.17, 15) is 43.2 Å². The molecule has 0 amide bonds. The topological polar surface area (TPSA) is 237 Å². The average molecular weight is 1470 g/mol. The monoisotopic (exact) mass is 1470 g/mol. The van der Waals surface area contributed by atoms with Crippen molar-refractivity contribution in [2.45, 2.75) is 457 Å². The highest BCUT2D eigenvalue weighted by Crippen LogP contribution is 2.45. The van der Waals surface area contributed by atoms with Gasteiger partial charge in [0.2, 0.25) is 0 Å². The molecule has 5 atom stereocenters. The molecule has 0 heterocycles. The summed E-state index contributed by atoms with van der Waals surface area (Å²) in [5, 5.41) is 10.6. The van der Waals surface area contributed by atoms with Crippen LogP contribution < -0.4 is 0 Å². The van der Waals surface area contributed by atoms with E-state index in [1.54, 1.807) is 0 Å². The predicted octanol–water partition coefficient (Wildman–Crippen LogP) is 24.6. The molecule has 0 bridgehead atoms. The first-order chi connectivity index (χ1) is 48.7. The highest BCUT2D eigenvalue weighted by Gasteiger charge is 2.30. The van der Waals surface area contributed by atoms with Gasteiger partial charge in [0.05, 0.1) is 26.4 Å². The summed E-state index contributed by atoms with van der Waals surface area (Å²) in [5.41, 5.74) is 0. The largest absolute Gasteiger partial charge is 0.472 e. The molecule has 0 aliphatic rings. The van der Waals surface area contributed by atoms with E-state index in [1.165, 1.54) is 257 Å². The molecule has 17 nitrogen and oxygen atoms in total. The van der Waals surface area contributed by atoms with Crippen molar-refractivity contribution < 1.29 is 80.2 Å². The van der Waals surface area contributed by atoms with Gasteiger partial charge in [-0.2, -0.15) is 0 Å². The van der Waals surface area contributed by atoms with E-state index in [2.05, 4.69) is 27.7 Å². The first kappa shape index (κ1) is 98.1. The molecule has 0 fully saturated rings. The molecule has 0 saturated heterocycles. The number of carbonyl (C=O) groups excluding carboxylic acids is 4. The fraction of sp³-hybridized carbons (Fsp3) is 0.951. The number of esters is 4. The Balaban J connectivity index is 5.17. The Morgan fingerprint density at radius 2 is 0.400 bits per heavy atom. The Bertz CT molecular complexity index is 1890. The Labute approximate surface area is 613 Å². The van der Waals surface area contributed by atoms with E-state index in [4.69, 9.17) is 37.0 Å². The first-order valence-electron chi connectivity index (χ1n) is 42.3. The summed E-state index contributed by atoms with van der Waals surface area (Å²) in [7, 11) is -9.91. The van der Waals surface area contributed by atoms with Crippen molar-refractivity contribution in [3.8, 4) is 0 Å². The van der Waals surface area contributed by atoms with E-state index < -0.39 is 97.5 Å². The van der Waals surface area contributed by atoms with Gasteiger partial charge < -0.3 is 33.8 Å². The van der Waals surface area contributed by atoms with Crippen molar-refractivity contribution in [1.82, 2.24) is 0 Å². The number of hydrogen-bond donors (Lipinski definition) is 3. The lowest BCUT2D eigenvalue weighted by atomic mass is 10.0. The lowest BCUT2D eigenvalue weighted by Gasteiger charge is -2.21. The summed E-state index contributed by atoms with van der Waals surface area (Å²) in [6, 6.07) is 0. The Morgan fingerprint density at radius 1 is 0.240 bits per heavy atom. The number of aliphatic hydroxyl groups excluding tert-OH is 1. The third-order valence-electron chi connectivity index (χ3n) is 19.1. The van der Waals surface area contributed by atoms with E-state index in [-0.39, 0.29) is 25.7 Å². The van der Waals surface area contributed by atoms with Gasteiger partial charge in [0, 0.05) is 25.7 Å². The van der Waals surface area contributed by atoms with Crippen LogP contribution in [0.2, 0.25) is 0 Å². The van der Waals surface area contributed by atoms with Crippen LogP contribution in [0.3, 0.4) is 0 Å². The van der Waals surface area contributed by atoms with Crippen LogP contribution in [0.5, 0.6) is 0 Å². The summed E-state index contributed by atoms with van der Waals surface area (Å²) in [6.45, 7) is 4.99. The number of aliphatic hydroxyl groups is 1. The molecule has 2 unspecified atom stereocenters. The van der Waals surface area contributed by atoms with Crippen LogP contribution in [0.1, 0.15) is 439 Å². The molecule has 0 spiro atoms. The van der Waals surface area contributed by atoms with Gasteiger partial charge in [-0.05, 0) is 25.7 Å². The SMILES string of the molecule is CCCCCCCCCCCCCCCCCCCCCCC(=O)O[C@H](COC(=O)CCCCCCCCCCCCCCCCCCC)COP(=O)(O)OC[C@@H](O)COP(=O)(O)OC[C@@H](COC(=O)CCCCCCCCC)OC(=O)CCCCCCCCCCCCCCCCCC. The molecule has 0 radical (unpaired) electrons. The summed E-state index contributed by atoms with van der Waals surface area (Å²) in [5.74, 6) is -2.11. The zero-order chi connectivity index (χ0) is 73.2. The summed E-state index contributed by atoms with van der Waals surface area (Å²) in [6.07, 6.45) is 68.2. The van der Waals surface area contributed by atoms with Gasteiger partial charge in [-0.15, -0.1) is 0 Å². The molecular weight excluding hydrogens is 1310 g/mol. The normalized spacial score (nSPS) is 13.8. The molecule has 0 aromatic rings. The molecule has 594 valence electrons. The third kappa shape index (κ3) is 74.3. The number of unbranched alkanes of at least 4 members (excludes halogenated alkanes) is 56. The average Bonchev–Trinajstić information content (AvgIpc) is 1.00. The molecule has 0 aromatic carbocycles. The van der Waals surface area contributed by atoms with E-state index >= 15 is 0 Å². The number of rotatable bonds is 82.